The summed E-state index contributed by atoms with van der Waals surface area (Å²) in [5, 5.41) is 10.1. The molecule has 1 aliphatic rings. The van der Waals surface area contributed by atoms with Gasteiger partial charge in [0.15, 0.2) is 5.05 Å². The quantitative estimate of drug-likeness (QED) is 0.501. The van der Waals surface area contributed by atoms with Gasteiger partial charge in [0.25, 0.3) is 0 Å². The molecule has 174 valence electrons. The van der Waals surface area contributed by atoms with E-state index in [9.17, 15) is 26.7 Å². The van der Waals surface area contributed by atoms with Crippen LogP contribution in [0.3, 0.4) is 0 Å². The van der Waals surface area contributed by atoms with Crippen molar-refractivity contribution in [3.63, 3.8) is 0 Å². The first-order valence-electron chi connectivity index (χ1n) is 10.5. The number of sulfonamides is 1. The number of hydrogen-bond donors (Lipinski definition) is 1. The molecule has 0 amide bonds. The van der Waals surface area contributed by atoms with Gasteiger partial charge in [-0.25, -0.2) is 8.42 Å². The molecule has 1 atom stereocenters. The molecule has 0 radical (unpaired) electrons. The first kappa shape index (κ1) is 24.7. The largest absolute Gasteiger partial charge is 0.501 e. The van der Waals surface area contributed by atoms with E-state index in [1.54, 1.807) is 24.3 Å². The Morgan fingerprint density at radius 3 is 2.28 bits per heavy atom. The molecule has 32 heavy (non-hydrogen) atoms. The highest BCUT2D eigenvalue weighted by Crippen LogP contribution is 2.38. The molecule has 1 saturated heterocycles. The van der Waals surface area contributed by atoms with E-state index in [0.717, 1.165) is 24.1 Å². The summed E-state index contributed by atoms with van der Waals surface area (Å²) in [4.78, 5) is 0.147. The molecule has 1 unspecified atom stereocenters. The van der Waals surface area contributed by atoms with Crippen LogP contribution in [-0.2, 0) is 22.6 Å². The Kier molecular flexibility index (Phi) is 7.31. The highest BCUT2D eigenvalue weighted by Gasteiger charge is 2.48. The lowest BCUT2D eigenvalue weighted by Crippen LogP contribution is -2.58. The van der Waals surface area contributed by atoms with Crippen molar-refractivity contribution in [2.24, 2.45) is 0 Å². The number of hydrogen-bond acceptors (Lipinski definition) is 3. The summed E-state index contributed by atoms with van der Waals surface area (Å²) in [5.74, 6) is 0. The van der Waals surface area contributed by atoms with E-state index in [4.69, 9.17) is 12.2 Å². The molecule has 1 fully saturated rings. The van der Waals surface area contributed by atoms with E-state index in [2.05, 4.69) is 0 Å². The van der Waals surface area contributed by atoms with E-state index < -0.39 is 27.3 Å². The number of alkyl halides is 3. The Morgan fingerprint density at radius 1 is 1.09 bits per heavy atom. The Morgan fingerprint density at radius 2 is 1.72 bits per heavy atom. The first-order valence-corrected chi connectivity index (χ1v) is 12.3. The highest BCUT2D eigenvalue weighted by atomic mass is 32.2. The van der Waals surface area contributed by atoms with Crippen molar-refractivity contribution in [2.75, 3.05) is 6.54 Å². The zero-order chi connectivity index (χ0) is 23.6. The number of aliphatic hydroxyl groups excluding tert-OH is 1. The van der Waals surface area contributed by atoms with Crippen LogP contribution in [0.15, 0.2) is 53.4 Å². The predicted octanol–water partition coefficient (Wildman–Crippen LogP) is 5.84. The number of piperidine rings is 1. The average molecular weight is 486 g/mol. The maximum Gasteiger partial charge on any atom is 0.416 e. The summed E-state index contributed by atoms with van der Waals surface area (Å²) in [7, 11) is -3.89. The normalized spacial score (nSPS) is 20.2. The minimum atomic E-state index is -4.39. The van der Waals surface area contributed by atoms with E-state index in [1.807, 2.05) is 6.92 Å². The van der Waals surface area contributed by atoms with E-state index in [1.165, 1.54) is 16.4 Å². The maximum absolute atomic E-state index is 13.4. The Bertz CT molecular complexity index is 1050. The summed E-state index contributed by atoms with van der Waals surface area (Å²) in [6.07, 6.45) is -1.41. The van der Waals surface area contributed by atoms with Gasteiger partial charge in [-0.3, -0.25) is 0 Å². The molecule has 0 aromatic heterocycles. The van der Waals surface area contributed by atoms with E-state index in [-0.39, 0.29) is 22.9 Å². The van der Waals surface area contributed by atoms with Crippen molar-refractivity contribution in [3.05, 3.63) is 65.2 Å². The molecular weight excluding hydrogens is 459 g/mol. The third-order valence-corrected chi connectivity index (χ3v) is 8.38. The number of rotatable bonds is 7. The second-order valence-electron chi connectivity index (χ2n) is 8.23. The molecule has 2 aromatic carbocycles. The highest BCUT2D eigenvalue weighted by molar-refractivity contribution is 7.89. The molecular formula is C23H26F3NO3S2. The van der Waals surface area contributed by atoms with Crippen LogP contribution in [-0.4, -0.2) is 35.0 Å². The summed E-state index contributed by atoms with van der Waals surface area (Å²) in [6.45, 7) is 2.11. The van der Waals surface area contributed by atoms with Crippen molar-refractivity contribution in [3.8, 4) is 0 Å². The topological polar surface area (TPSA) is 57.6 Å². The molecule has 4 nitrogen and oxygen atoms in total. The molecule has 1 N–H and O–H groups in total. The van der Waals surface area contributed by atoms with Gasteiger partial charge in [0.05, 0.1) is 10.5 Å². The Labute approximate surface area is 192 Å². The smallest absolute Gasteiger partial charge is 0.416 e. The molecule has 2 aromatic rings. The van der Waals surface area contributed by atoms with Crippen molar-refractivity contribution < 1.29 is 26.7 Å². The second kappa shape index (κ2) is 9.49. The van der Waals surface area contributed by atoms with Gasteiger partial charge in [-0.05, 0) is 87.5 Å². The van der Waals surface area contributed by atoms with Gasteiger partial charge in [0.2, 0.25) is 10.0 Å². The van der Waals surface area contributed by atoms with Gasteiger partial charge in [-0.2, -0.15) is 17.5 Å². The number of aliphatic hydroxyl groups is 1. The SMILES string of the molecule is Cc1ccc(S(=O)(=O)N2CCCCC2(CCCc2ccc(C(F)(F)F)cc2)C(O)=S)cc1. The van der Waals surface area contributed by atoms with Gasteiger partial charge >= 0.3 is 6.18 Å². The zero-order valence-electron chi connectivity index (χ0n) is 17.7. The van der Waals surface area contributed by atoms with Crippen LogP contribution in [0.4, 0.5) is 13.2 Å². The lowest BCUT2D eigenvalue weighted by atomic mass is 9.84. The minimum absolute atomic E-state index is 0.147. The fourth-order valence-electron chi connectivity index (χ4n) is 4.21. The fraction of sp³-hybridized carbons (Fsp3) is 0.435. The number of nitrogens with zero attached hydrogens (tertiary/aromatic N) is 1. The number of thiocarbonyl (C=S) groups is 1. The van der Waals surface area contributed by atoms with E-state index in [0.29, 0.717) is 31.2 Å². The molecule has 0 aliphatic carbocycles. The van der Waals surface area contributed by atoms with Crippen molar-refractivity contribution >= 4 is 27.3 Å². The number of benzene rings is 2. The molecule has 0 spiro atoms. The fourth-order valence-corrected chi connectivity index (χ4v) is 6.42. The van der Waals surface area contributed by atoms with Crippen LogP contribution < -0.4 is 0 Å². The third kappa shape index (κ3) is 5.15. The monoisotopic (exact) mass is 485 g/mol. The van der Waals surface area contributed by atoms with Crippen molar-refractivity contribution in [1.82, 2.24) is 4.31 Å². The lowest BCUT2D eigenvalue weighted by Gasteiger charge is -2.44. The van der Waals surface area contributed by atoms with Crippen LogP contribution in [0, 0.1) is 6.92 Å². The number of aryl methyl sites for hydroxylation is 2. The molecule has 0 saturated carbocycles. The standard InChI is InChI=1S/C23H26F3NO3S2/c1-17-6-12-20(13-7-17)32(29,30)27-16-3-2-14-22(27,21(28)31)15-4-5-18-8-10-19(11-9-18)23(24,25)26/h6-13H,2-5,14-16H2,1H3,(H,28,31). The van der Waals surface area contributed by atoms with Crippen LogP contribution >= 0.6 is 12.2 Å². The van der Waals surface area contributed by atoms with Crippen LogP contribution in [0.25, 0.3) is 0 Å². The van der Waals surface area contributed by atoms with Gasteiger partial charge < -0.3 is 5.11 Å². The molecule has 1 aliphatic heterocycles. The minimum Gasteiger partial charge on any atom is -0.501 e. The predicted molar refractivity (Wildman–Crippen MR) is 121 cm³/mol. The van der Waals surface area contributed by atoms with Gasteiger partial charge in [0.1, 0.15) is 5.54 Å². The van der Waals surface area contributed by atoms with Crippen LogP contribution in [0.5, 0.6) is 0 Å². The lowest BCUT2D eigenvalue weighted by molar-refractivity contribution is -0.137. The zero-order valence-corrected chi connectivity index (χ0v) is 19.4. The third-order valence-electron chi connectivity index (χ3n) is 6.02. The van der Waals surface area contributed by atoms with E-state index >= 15 is 0 Å². The average Bonchev–Trinajstić information content (AvgIpc) is 2.74. The van der Waals surface area contributed by atoms with Crippen LogP contribution in [0.2, 0.25) is 0 Å². The summed E-state index contributed by atoms with van der Waals surface area (Å²) < 4.78 is 66.5. The Balaban J connectivity index is 1.81. The first-order chi connectivity index (χ1) is 15.0. The van der Waals surface area contributed by atoms with Gasteiger partial charge in [0, 0.05) is 6.54 Å². The summed E-state index contributed by atoms with van der Waals surface area (Å²) in [5.41, 5.74) is -0.274. The Hall–Kier alpha value is -1.97. The van der Waals surface area contributed by atoms with Crippen LogP contribution in [0.1, 0.15) is 48.8 Å². The van der Waals surface area contributed by atoms with Gasteiger partial charge in [-0.1, -0.05) is 29.8 Å². The van der Waals surface area contributed by atoms with Gasteiger partial charge in [-0.15, -0.1) is 0 Å². The van der Waals surface area contributed by atoms with Crippen molar-refractivity contribution in [1.29, 1.82) is 0 Å². The molecule has 0 bridgehead atoms. The van der Waals surface area contributed by atoms with Crippen molar-refractivity contribution in [2.45, 2.75) is 62.1 Å². The second-order valence-corrected chi connectivity index (χ2v) is 10.5. The molecule has 1 heterocycles. The molecule has 9 heteroatoms. The maximum atomic E-state index is 13.4. The number of halogens is 3. The summed E-state index contributed by atoms with van der Waals surface area (Å²) >= 11 is 5.16. The summed E-state index contributed by atoms with van der Waals surface area (Å²) in [6, 6.07) is 11.5. The molecule has 3 rings (SSSR count).